The third-order valence-electron chi connectivity index (χ3n) is 10.7. The molecule has 0 spiro atoms. The minimum atomic E-state index is -1.89. The van der Waals surface area contributed by atoms with E-state index in [2.05, 4.69) is 42.2 Å². The van der Waals surface area contributed by atoms with Crippen LogP contribution in [0.1, 0.15) is 117 Å². The molecule has 8 unspecified atom stereocenters. The minimum Gasteiger partial charge on any atom is -0.481 e. The molecular weight excluding hydrogens is 967 g/mol. The van der Waals surface area contributed by atoms with Crippen LogP contribution in [0.3, 0.4) is 0 Å². The van der Waals surface area contributed by atoms with Gasteiger partial charge in [0.1, 0.15) is 42.3 Å². The lowest BCUT2D eigenvalue weighted by Crippen LogP contribution is -2.60. The van der Waals surface area contributed by atoms with Gasteiger partial charge in [-0.25, -0.2) is 4.79 Å². The second-order valence-electron chi connectivity index (χ2n) is 17.6. The molecule has 0 aromatic rings. The van der Waals surface area contributed by atoms with Crippen LogP contribution in [0.15, 0.2) is 4.99 Å². The number of amides is 9. The summed E-state index contributed by atoms with van der Waals surface area (Å²) in [4.78, 5) is 158. The van der Waals surface area contributed by atoms with Gasteiger partial charge >= 0.3 is 17.9 Å². The Hall–Kier alpha value is -7.21. The molecule has 0 radical (unpaired) electrons. The summed E-state index contributed by atoms with van der Waals surface area (Å²) in [5.74, 6) is -13.8. The van der Waals surface area contributed by atoms with E-state index >= 15 is 0 Å². The summed E-state index contributed by atoms with van der Waals surface area (Å²) in [6, 6.07) is -12.3. The van der Waals surface area contributed by atoms with Gasteiger partial charge in [0.15, 0.2) is 5.96 Å². The molecule has 30 nitrogen and oxygen atoms in total. The Bertz CT molecular complexity index is 1920. The lowest BCUT2D eigenvalue weighted by molar-refractivity contribution is -0.143. The molecule has 0 saturated heterocycles. The van der Waals surface area contributed by atoms with Crippen molar-refractivity contribution < 1.29 is 72.9 Å². The number of nitrogens with two attached hydrogens (primary N) is 7. The Morgan fingerprint density at radius 1 is 0.438 bits per heavy atom. The van der Waals surface area contributed by atoms with Crippen LogP contribution in [0.25, 0.3) is 0 Å². The summed E-state index contributed by atoms with van der Waals surface area (Å²) in [6.45, 7) is 3.69. The standard InChI is InChI=1S/C43H77N15O15/c1-22(2)20-29(40(70)58-30(21-34(63)64)41(71)54-25(9-4-6-18-45)37(67)56-28(42(72)73)13-15-32(48)60)57-38(68)26(10-7-19-51-43(49)50)53-39(69)27(12-14-31(47)59)55-36(66)24(8-3-5-17-44)52-35(65)23(46)11-16-33(61)62/h22-30H,3-21,44-46H2,1-2H3,(H2,47,59)(H2,48,60)(H,52,65)(H,53,69)(H,54,71)(H,55,66)(H,56,67)(H,57,68)(H,58,70)(H,61,62)(H,63,64)(H,72,73)(H4,49,50,51). The molecule has 0 bridgehead atoms. The Labute approximate surface area is 422 Å². The summed E-state index contributed by atoms with van der Waals surface area (Å²) < 4.78 is 0. The number of carbonyl (C=O) groups excluding carboxylic acids is 9. The van der Waals surface area contributed by atoms with Crippen LogP contribution in [0.2, 0.25) is 0 Å². The second-order valence-corrected chi connectivity index (χ2v) is 17.6. The average Bonchev–Trinajstić information content (AvgIpc) is 3.29. The maximum absolute atomic E-state index is 14.2. The van der Waals surface area contributed by atoms with Gasteiger partial charge in [0, 0.05) is 25.8 Å². The van der Waals surface area contributed by atoms with Gasteiger partial charge in [0.25, 0.3) is 0 Å². The first-order valence-corrected chi connectivity index (χ1v) is 23.8. The minimum absolute atomic E-state index is 0.00765. The first-order valence-electron chi connectivity index (χ1n) is 23.8. The summed E-state index contributed by atoms with van der Waals surface area (Å²) in [7, 11) is 0. The van der Waals surface area contributed by atoms with Crippen molar-refractivity contribution in [3.63, 3.8) is 0 Å². The number of aliphatic imine (C=N–C) groups is 1. The number of nitrogens with one attached hydrogen (secondary N) is 7. The fraction of sp³-hybridized carbons (Fsp3) is 0.698. The number of nitrogens with zero attached hydrogens (tertiary/aromatic N) is 1. The number of unbranched alkanes of at least 4 members (excludes halogenated alkanes) is 2. The maximum Gasteiger partial charge on any atom is 0.326 e. The van der Waals surface area contributed by atoms with Gasteiger partial charge in [-0.05, 0) is 96.1 Å². The SMILES string of the molecule is CC(C)CC(NC(=O)C(CCCN=C(N)N)NC(=O)C(CCC(N)=O)NC(=O)C(CCCCN)NC(=O)C(N)CCC(=O)O)C(=O)NC(CC(=O)O)C(=O)NC(CCCCN)C(=O)NC(CCC(N)=O)C(=O)O. The Morgan fingerprint density at radius 3 is 1.21 bits per heavy atom. The third-order valence-corrected chi connectivity index (χ3v) is 10.7. The highest BCUT2D eigenvalue weighted by atomic mass is 16.4. The van der Waals surface area contributed by atoms with Crippen LogP contribution in [0, 0.1) is 5.92 Å². The van der Waals surface area contributed by atoms with Crippen LogP contribution in [-0.4, -0.2) is 160 Å². The van der Waals surface area contributed by atoms with E-state index in [1.807, 2.05) is 0 Å². The Balaban J connectivity index is 6.85. The zero-order chi connectivity index (χ0) is 55.8. The van der Waals surface area contributed by atoms with Crippen LogP contribution in [0.4, 0.5) is 0 Å². The Kier molecular flexibility index (Phi) is 32.3. The highest BCUT2D eigenvalue weighted by Crippen LogP contribution is 2.12. The average molecular weight is 1040 g/mol. The fourth-order valence-electron chi connectivity index (χ4n) is 6.80. The first-order chi connectivity index (χ1) is 34.2. The maximum atomic E-state index is 14.2. The number of hydrogen-bond donors (Lipinski definition) is 17. The van der Waals surface area contributed by atoms with Crippen molar-refractivity contribution in [1.82, 2.24) is 37.2 Å². The second kappa shape index (κ2) is 35.8. The molecule has 0 heterocycles. The van der Waals surface area contributed by atoms with Gasteiger partial charge in [0.2, 0.25) is 53.2 Å². The highest BCUT2D eigenvalue weighted by Gasteiger charge is 2.35. The topological polar surface area (TPSA) is 544 Å². The number of carboxylic acids is 3. The molecule has 0 aromatic heterocycles. The molecule has 0 aliphatic carbocycles. The molecule has 73 heavy (non-hydrogen) atoms. The van der Waals surface area contributed by atoms with Gasteiger partial charge in [0.05, 0.1) is 12.5 Å². The van der Waals surface area contributed by atoms with E-state index in [1.165, 1.54) is 0 Å². The van der Waals surface area contributed by atoms with E-state index in [9.17, 15) is 67.7 Å². The van der Waals surface area contributed by atoms with E-state index in [0.29, 0.717) is 19.3 Å². The van der Waals surface area contributed by atoms with E-state index in [4.69, 9.17) is 45.2 Å². The molecule has 8 atom stereocenters. The first kappa shape index (κ1) is 65.8. The molecule has 24 N–H and O–H groups in total. The third kappa shape index (κ3) is 29.7. The molecule has 9 amide bonds. The van der Waals surface area contributed by atoms with Gasteiger partial charge in [-0.3, -0.25) is 57.7 Å². The lowest BCUT2D eigenvalue weighted by atomic mass is 10.0. The van der Waals surface area contributed by atoms with Crippen LogP contribution >= 0.6 is 0 Å². The summed E-state index contributed by atoms with van der Waals surface area (Å²) in [5, 5.41) is 45.2. The molecule has 0 fully saturated rings. The largest absolute Gasteiger partial charge is 0.481 e. The molecule has 414 valence electrons. The van der Waals surface area contributed by atoms with Gasteiger partial charge in [-0.2, -0.15) is 0 Å². The predicted octanol–water partition coefficient (Wildman–Crippen LogP) is -5.98. The van der Waals surface area contributed by atoms with E-state index in [1.54, 1.807) is 13.8 Å². The number of carboxylic acid groups (broad SMARTS) is 3. The van der Waals surface area contributed by atoms with Gasteiger partial charge in [-0.15, -0.1) is 0 Å². The molecular formula is C43H77N15O15. The van der Waals surface area contributed by atoms with E-state index in [0.717, 1.165) is 0 Å². The zero-order valence-electron chi connectivity index (χ0n) is 41.4. The van der Waals surface area contributed by atoms with Crippen LogP contribution in [0.5, 0.6) is 0 Å². The van der Waals surface area contributed by atoms with E-state index in [-0.39, 0.29) is 82.9 Å². The quantitative estimate of drug-likeness (QED) is 0.0154. The van der Waals surface area contributed by atoms with Crippen molar-refractivity contribution in [2.24, 2.45) is 51.0 Å². The molecule has 0 aromatic carbocycles. The molecule has 30 heteroatoms. The number of aliphatic carboxylic acids is 3. The molecule has 0 aliphatic rings. The van der Waals surface area contributed by atoms with Crippen molar-refractivity contribution in [1.29, 1.82) is 0 Å². The highest BCUT2D eigenvalue weighted by molar-refractivity contribution is 5.98. The smallest absolute Gasteiger partial charge is 0.326 e. The predicted molar refractivity (Wildman–Crippen MR) is 260 cm³/mol. The van der Waals surface area contributed by atoms with Crippen molar-refractivity contribution in [3.05, 3.63) is 0 Å². The fourth-order valence-corrected chi connectivity index (χ4v) is 6.80. The summed E-state index contributed by atoms with van der Waals surface area (Å²) in [5.41, 5.74) is 38.5. The van der Waals surface area contributed by atoms with Crippen molar-refractivity contribution in [3.8, 4) is 0 Å². The number of carbonyl (C=O) groups is 12. The summed E-state index contributed by atoms with van der Waals surface area (Å²) in [6.07, 6.45) is -2.51. The van der Waals surface area contributed by atoms with E-state index < -0.39 is 152 Å². The lowest BCUT2D eigenvalue weighted by Gasteiger charge is -2.28. The van der Waals surface area contributed by atoms with Crippen molar-refractivity contribution in [2.45, 2.75) is 165 Å². The van der Waals surface area contributed by atoms with Crippen molar-refractivity contribution in [2.75, 3.05) is 19.6 Å². The molecule has 0 aliphatic heterocycles. The monoisotopic (exact) mass is 1040 g/mol. The van der Waals surface area contributed by atoms with Gasteiger partial charge in [-0.1, -0.05) is 13.8 Å². The normalized spacial score (nSPS) is 14.2. The number of primary amides is 2. The number of guanidine groups is 1. The van der Waals surface area contributed by atoms with Crippen molar-refractivity contribution >= 4 is 77.0 Å². The van der Waals surface area contributed by atoms with Crippen LogP contribution < -0.4 is 77.4 Å². The van der Waals surface area contributed by atoms with Crippen LogP contribution in [-0.2, 0) is 57.5 Å². The molecule has 0 saturated carbocycles. The summed E-state index contributed by atoms with van der Waals surface area (Å²) >= 11 is 0. The zero-order valence-corrected chi connectivity index (χ0v) is 41.4. The number of rotatable bonds is 40. The molecule has 0 rings (SSSR count). The Morgan fingerprint density at radius 2 is 0.808 bits per heavy atom. The number of hydrogen-bond acceptors (Lipinski definition) is 16. The van der Waals surface area contributed by atoms with Gasteiger partial charge < -0.3 is 92.7 Å².